The average Bonchev–Trinajstić information content (AvgIpc) is 3.13. The summed E-state index contributed by atoms with van der Waals surface area (Å²) in [5.74, 6) is -1.49. The maximum absolute atomic E-state index is 13.2. The van der Waals surface area contributed by atoms with E-state index >= 15 is 0 Å². The van der Waals surface area contributed by atoms with Crippen LogP contribution in [0, 0.1) is 17.7 Å². The number of nitroso groups, excluding NO2 is 1. The molecule has 0 fully saturated rings. The van der Waals surface area contributed by atoms with Crippen molar-refractivity contribution in [2.75, 3.05) is 13.2 Å². The van der Waals surface area contributed by atoms with Gasteiger partial charge in [-0.1, -0.05) is 24.2 Å². The smallest absolute Gasteiger partial charge is 0.422 e. The summed E-state index contributed by atoms with van der Waals surface area (Å²) in [6, 6.07) is 7.98. The fraction of sp³-hybridized carbons (Fsp3) is 0.350. The van der Waals surface area contributed by atoms with Gasteiger partial charge in [0, 0.05) is 11.8 Å². The van der Waals surface area contributed by atoms with Crippen LogP contribution in [0.25, 0.3) is 11.0 Å². The summed E-state index contributed by atoms with van der Waals surface area (Å²) in [6.07, 6.45) is -3.24. The molecule has 2 unspecified atom stereocenters. The highest BCUT2D eigenvalue weighted by atomic mass is 32.2. The number of para-hydroxylation sites is 2. The van der Waals surface area contributed by atoms with Gasteiger partial charge in [-0.05, 0) is 25.1 Å². The van der Waals surface area contributed by atoms with Gasteiger partial charge in [-0.3, -0.25) is 18.6 Å². The van der Waals surface area contributed by atoms with Crippen molar-refractivity contribution < 1.29 is 26.9 Å². The lowest BCUT2D eigenvalue weighted by Crippen LogP contribution is -2.24. The van der Waals surface area contributed by atoms with Gasteiger partial charge < -0.3 is 4.74 Å². The molecule has 0 N–H and O–H groups in total. The SMILES string of the molecule is Cc1c(OCC(F)(F)F)ccnc1CS(=O)c1nc2ccccc2n1C(=O)C(C)CN=O. The summed E-state index contributed by atoms with van der Waals surface area (Å²) in [4.78, 5) is 32.0. The highest BCUT2D eigenvalue weighted by Crippen LogP contribution is 2.26. The van der Waals surface area contributed by atoms with Gasteiger partial charge in [0.05, 0.1) is 45.7 Å². The van der Waals surface area contributed by atoms with Crippen LogP contribution < -0.4 is 4.74 Å². The number of benzene rings is 1. The Kier molecular flexibility index (Phi) is 7.02. The lowest BCUT2D eigenvalue weighted by atomic mass is 10.1. The molecule has 8 nitrogen and oxygen atoms in total. The molecule has 0 aliphatic heterocycles. The predicted molar refractivity (Wildman–Crippen MR) is 111 cm³/mol. The van der Waals surface area contributed by atoms with E-state index in [1.807, 2.05) is 0 Å². The lowest BCUT2D eigenvalue weighted by molar-refractivity contribution is -0.153. The number of rotatable bonds is 8. The number of carbonyl (C=O) groups excluding carboxylic acids is 1. The molecule has 0 bridgehead atoms. The Morgan fingerprint density at radius 2 is 2.00 bits per heavy atom. The van der Waals surface area contributed by atoms with Crippen molar-refractivity contribution in [1.29, 1.82) is 0 Å². The highest BCUT2D eigenvalue weighted by molar-refractivity contribution is 7.84. The largest absolute Gasteiger partial charge is 0.484 e. The van der Waals surface area contributed by atoms with E-state index in [0.29, 0.717) is 16.6 Å². The molecule has 0 aliphatic carbocycles. The van der Waals surface area contributed by atoms with E-state index < -0.39 is 35.4 Å². The van der Waals surface area contributed by atoms with Crippen LogP contribution in [0.1, 0.15) is 23.0 Å². The standard InChI is InChI=1S/C20H19F3N4O4S/c1-12(9-25-29)18(28)27-16-6-4-3-5-14(16)26-19(27)32(30)10-15-13(2)17(7-8-24-15)31-11-20(21,22)23/h3-8,12H,9-11H2,1-2H3. The van der Waals surface area contributed by atoms with Gasteiger partial charge in [0.2, 0.25) is 11.1 Å². The number of ether oxygens (including phenoxy) is 1. The second-order valence-corrected chi connectivity index (χ2v) is 8.39. The number of halogens is 3. The molecule has 2 heterocycles. The number of imidazole rings is 1. The Hall–Kier alpha value is -3.15. The fourth-order valence-corrected chi connectivity index (χ4v) is 4.25. The van der Waals surface area contributed by atoms with Crippen LogP contribution in [-0.4, -0.2) is 44.0 Å². The molecular formula is C20H19F3N4O4S. The topological polar surface area (TPSA) is 104 Å². The third-order valence-corrected chi connectivity index (χ3v) is 5.86. The number of carbonyl (C=O) groups is 1. The molecule has 0 spiro atoms. The Balaban J connectivity index is 1.95. The summed E-state index contributed by atoms with van der Waals surface area (Å²) in [6.45, 7) is 1.32. The normalized spacial score (nSPS) is 13.7. The van der Waals surface area contributed by atoms with Crippen molar-refractivity contribution in [3.05, 3.63) is 52.7 Å². The summed E-state index contributed by atoms with van der Waals surface area (Å²) in [7, 11) is -1.88. The van der Waals surface area contributed by atoms with Crippen LogP contribution in [0.2, 0.25) is 0 Å². The van der Waals surface area contributed by atoms with Gasteiger partial charge in [0.25, 0.3) is 0 Å². The Labute approximate surface area is 183 Å². The second kappa shape index (κ2) is 9.55. The van der Waals surface area contributed by atoms with Crippen LogP contribution in [0.5, 0.6) is 5.75 Å². The number of hydrogen-bond acceptors (Lipinski definition) is 7. The minimum Gasteiger partial charge on any atom is -0.484 e. The zero-order valence-electron chi connectivity index (χ0n) is 17.1. The molecule has 12 heteroatoms. The number of nitrogens with zero attached hydrogens (tertiary/aromatic N) is 4. The molecule has 32 heavy (non-hydrogen) atoms. The lowest BCUT2D eigenvalue weighted by Gasteiger charge is -2.14. The van der Waals surface area contributed by atoms with Gasteiger partial charge in [-0.25, -0.2) is 4.98 Å². The summed E-state index contributed by atoms with van der Waals surface area (Å²) >= 11 is 0. The van der Waals surface area contributed by atoms with E-state index in [1.54, 1.807) is 24.3 Å². The third kappa shape index (κ3) is 5.18. The van der Waals surface area contributed by atoms with Crippen LogP contribution >= 0.6 is 0 Å². The van der Waals surface area contributed by atoms with Gasteiger partial charge in [-0.15, -0.1) is 0 Å². The fourth-order valence-electron chi connectivity index (χ4n) is 2.99. The Morgan fingerprint density at radius 3 is 2.69 bits per heavy atom. The molecule has 0 aliphatic rings. The zero-order chi connectivity index (χ0) is 23.5. The first kappa shape index (κ1) is 23.5. The first-order valence-electron chi connectivity index (χ1n) is 9.45. The van der Waals surface area contributed by atoms with E-state index in [2.05, 4.69) is 15.1 Å². The number of hydrogen-bond donors (Lipinski definition) is 0. The van der Waals surface area contributed by atoms with E-state index in [4.69, 9.17) is 4.74 Å². The summed E-state index contributed by atoms with van der Waals surface area (Å²) in [5, 5.41) is 2.72. The summed E-state index contributed by atoms with van der Waals surface area (Å²) < 4.78 is 56.7. The van der Waals surface area contributed by atoms with Crippen molar-refractivity contribution in [3.8, 4) is 5.75 Å². The van der Waals surface area contributed by atoms with Crippen LogP contribution in [0.4, 0.5) is 13.2 Å². The highest BCUT2D eigenvalue weighted by Gasteiger charge is 2.29. The quantitative estimate of drug-likeness (QED) is 0.463. The molecule has 0 saturated carbocycles. The molecular weight excluding hydrogens is 449 g/mol. The molecule has 3 rings (SSSR count). The molecule has 1 aromatic carbocycles. The first-order valence-corrected chi connectivity index (χ1v) is 10.8. The Bertz CT molecular complexity index is 1180. The van der Waals surface area contributed by atoms with Crippen LogP contribution in [-0.2, 0) is 16.6 Å². The van der Waals surface area contributed by atoms with Crippen LogP contribution in [0.3, 0.4) is 0 Å². The van der Waals surface area contributed by atoms with Crippen molar-refractivity contribution >= 4 is 27.7 Å². The number of alkyl halides is 3. The van der Waals surface area contributed by atoms with Crippen molar-refractivity contribution in [1.82, 2.24) is 14.5 Å². The molecule has 0 saturated heterocycles. The molecule has 170 valence electrons. The minimum atomic E-state index is -4.50. The van der Waals surface area contributed by atoms with E-state index in [9.17, 15) is 27.1 Å². The molecule has 2 aromatic heterocycles. The van der Waals surface area contributed by atoms with Crippen LogP contribution in [0.15, 0.2) is 46.9 Å². The molecule has 3 aromatic rings. The van der Waals surface area contributed by atoms with Gasteiger partial charge in [0.1, 0.15) is 5.75 Å². The van der Waals surface area contributed by atoms with Crippen molar-refractivity contribution in [2.45, 2.75) is 30.9 Å². The zero-order valence-corrected chi connectivity index (χ0v) is 17.9. The number of pyridine rings is 1. The van der Waals surface area contributed by atoms with Gasteiger partial charge >= 0.3 is 6.18 Å². The molecule has 2 atom stereocenters. The maximum atomic E-state index is 13.2. The third-order valence-electron chi connectivity index (χ3n) is 4.64. The monoisotopic (exact) mass is 468 g/mol. The van der Waals surface area contributed by atoms with Crippen molar-refractivity contribution in [3.63, 3.8) is 0 Å². The first-order chi connectivity index (χ1) is 15.1. The van der Waals surface area contributed by atoms with E-state index in [1.165, 1.54) is 30.7 Å². The second-order valence-electron chi connectivity index (χ2n) is 7.04. The van der Waals surface area contributed by atoms with Crippen molar-refractivity contribution in [2.24, 2.45) is 11.1 Å². The van der Waals surface area contributed by atoms with E-state index in [0.717, 1.165) is 0 Å². The predicted octanol–water partition coefficient (Wildman–Crippen LogP) is 4.03. The minimum absolute atomic E-state index is 0.0282. The van der Waals surface area contributed by atoms with E-state index in [-0.39, 0.29) is 28.9 Å². The number of fused-ring (bicyclic) bond motifs is 1. The summed E-state index contributed by atoms with van der Waals surface area (Å²) in [5.41, 5.74) is 1.40. The Morgan fingerprint density at radius 1 is 1.28 bits per heavy atom. The molecule has 0 amide bonds. The number of aromatic nitrogens is 3. The molecule has 0 radical (unpaired) electrons. The maximum Gasteiger partial charge on any atom is 0.422 e. The average molecular weight is 468 g/mol. The van der Waals surface area contributed by atoms with Gasteiger partial charge in [-0.2, -0.15) is 18.1 Å². The van der Waals surface area contributed by atoms with Gasteiger partial charge in [0.15, 0.2) is 6.61 Å².